The largest absolute Gasteiger partial charge is 0.295 e. The van der Waals surface area contributed by atoms with Gasteiger partial charge in [-0.05, 0) is 91.2 Å². The Bertz CT molecular complexity index is 790. The number of rotatable bonds is 8. The summed E-state index contributed by atoms with van der Waals surface area (Å²) in [5.74, 6) is 3.33. The molecule has 0 spiro atoms. The summed E-state index contributed by atoms with van der Waals surface area (Å²) in [6.07, 6.45) is 11.7. The van der Waals surface area contributed by atoms with E-state index in [-0.39, 0.29) is 5.78 Å². The smallest absolute Gasteiger partial charge is 0.155 e. The van der Waals surface area contributed by atoms with E-state index in [0.717, 1.165) is 11.8 Å². The van der Waals surface area contributed by atoms with Crippen LogP contribution in [0.3, 0.4) is 0 Å². The lowest BCUT2D eigenvalue weighted by Gasteiger charge is -2.50. The van der Waals surface area contributed by atoms with Crippen molar-refractivity contribution in [1.29, 1.82) is 0 Å². The maximum Gasteiger partial charge on any atom is 0.155 e. The van der Waals surface area contributed by atoms with E-state index < -0.39 is 0 Å². The van der Waals surface area contributed by atoms with Crippen LogP contribution in [0.2, 0.25) is 0 Å². The lowest BCUT2D eigenvalue weighted by Crippen LogP contribution is -2.43. The first-order valence-electron chi connectivity index (χ1n) is 11.6. The highest BCUT2D eigenvalue weighted by molar-refractivity contribution is 8.02. The average Bonchev–Trinajstić information content (AvgIpc) is 3.09. The number of allylic oxidation sites excluding steroid dienone is 4. The molecule has 1 aromatic carbocycles. The SMILES string of the molecule is C=CC(=O)C[C@@H]1[C@@H](/C(C)=C/C=C/Sc2ccccc2)CC[C@]2(C)[C@@H](C(C)C)CC[C@@H]12. The summed E-state index contributed by atoms with van der Waals surface area (Å²) < 4.78 is 0. The van der Waals surface area contributed by atoms with Crippen molar-refractivity contribution in [3.63, 3.8) is 0 Å². The third-order valence-corrected chi connectivity index (χ3v) is 8.79. The molecule has 0 bridgehead atoms. The van der Waals surface area contributed by atoms with Crippen molar-refractivity contribution >= 4 is 17.5 Å². The number of hydrogen-bond acceptors (Lipinski definition) is 2. The Morgan fingerprint density at radius 3 is 2.63 bits per heavy atom. The summed E-state index contributed by atoms with van der Waals surface area (Å²) >= 11 is 1.75. The Balaban J connectivity index is 1.77. The molecule has 162 valence electrons. The van der Waals surface area contributed by atoms with Gasteiger partial charge in [0.15, 0.2) is 5.78 Å². The van der Waals surface area contributed by atoms with Gasteiger partial charge < -0.3 is 0 Å². The molecule has 0 radical (unpaired) electrons. The van der Waals surface area contributed by atoms with Crippen molar-refractivity contribution < 1.29 is 4.79 Å². The van der Waals surface area contributed by atoms with Crippen LogP contribution in [0.1, 0.15) is 59.8 Å². The van der Waals surface area contributed by atoms with Gasteiger partial charge in [0, 0.05) is 11.3 Å². The molecule has 0 saturated heterocycles. The Morgan fingerprint density at radius 2 is 1.97 bits per heavy atom. The molecule has 2 fully saturated rings. The Kier molecular flexibility index (Phi) is 7.85. The van der Waals surface area contributed by atoms with Crippen molar-refractivity contribution in [2.24, 2.45) is 35.0 Å². The van der Waals surface area contributed by atoms with Crippen molar-refractivity contribution in [2.75, 3.05) is 0 Å². The minimum Gasteiger partial charge on any atom is -0.295 e. The summed E-state index contributed by atoms with van der Waals surface area (Å²) in [6, 6.07) is 10.5. The molecule has 30 heavy (non-hydrogen) atoms. The second-order valence-electron chi connectivity index (χ2n) is 9.89. The number of thioether (sulfide) groups is 1. The molecule has 0 aliphatic heterocycles. The van der Waals surface area contributed by atoms with E-state index in [1.807, 2.05) is 6.07 Å². The molecule has 2 aliphatic carbocycles. The first kappa shape index (κ1) is 23.1. The van der Waals surface area contributed by atoms with Crippen molar-refractivity contribution in [3.05, 3.63) is 66.1 Å². The highest BCUT2D eigenvalue weighted by atomic mass is 32.2. The third-order valence-electron chi connectivity index (χ3n) is 7.95. The average molecular weight is 423 g/mol. The minimum atomic E-state index is 0.213. The molecule has 2 aliphatic rings. The van der Waals surface area contributed by atoms with Gasteiger partial charge in [-0.3, -0.25) is 4.79 Å². The fourth-order valence-corrected chi connectivity index (χ4v) is 7.15. The molecule has 0 N–H and O–H groups in total. The normalized spacial score (nSPS) is 31.8. The van der Waals surface area contributed by atoms with Crippen LogP contribution in [0.25, 0.3) is 0 Å². The van der Waals surface area contributed by atoms with Crippen LogP contribution in [0.5, 0.6) is 0 Å². The predicted octanol–water partition coefficient (Wildman–Crippen LogP) is 8.10. The summed E-state index contributed by atoms with van der Waals surface area (Å²) in [7, 11) is 0. The number of carbonyl (C=O) groups excluding carboxylic acids is 1. The van der Waals surface area contributed by atoms with Gasteiger partial charge in [0.1, 0.15) is 0 Å². The predicted molar refractivity (Wildman–Crippen MR) is 130 cm³/mol. The molecule has 0 amide bonds. The first-order chi connectivity index (χ1) is 14.4. The van der Waals surface area contributed by atoms with E-state index in [1.165, 1.54) is 42.2 Å². The Hall–Kier alpha value is -1.54. The Morgan fingerprint density at radius 1 is 1.23 bits per heavy atom. The monoisotopic (exact) mass is 422 g/mol. The van der Waals surface area contributed by atoms with Crippen LogP contribution in [0.4, 0.5) is 0 Å². The lowest BCUT2D eigenvalue weighted by molar-refractivity contribution is -0.117. The first-order valence-corrected chi connectivity index (χ1v) is 12.4. The highest BCUT2D eigenvalue weighted by Crippen LogP contribution is 2.62. The fourth-order valence-electron chi connectivity index (χ4n) is 6.52. The molecule has 2 saturated carbocycles. The van der Waals surface area contributed by atoms with E-state index in [1.54, 1.807) is 11.8 Å². The molecule has 5 atom stereocenters. The molecular weight excluding hydrogens is 384 g/mol. The summed E-state index contributed by atoms with van der Waals surface area (Å²) in [5.41, 5.74) is 1.81. The zero-order chi connectivity index (χ0) is 21.7. The molecule has 1 nitrogen and oxygen atoms in total. The number of hydrogen-bond donors (Lipinski definition) is 0. The van der Waals surface area contributed by atoms with Gasteiger partial charge in [-0.15, -0.1) is 0 Å². The van der Waals surface area contributed by atoms with Crippen molar-refractivity contribution in [2.45, 2.75) is 64.7 Å². The minimum absolute atomic E-state index is 0.213. The molecule has 3 rings (SSSR count). The van der Waals surface area contributed by atoms with E-state index in [0.29, 0.717) is 29.6 Å². The van der Waals surface area contributed by atoms with E-state index in [2.05, 4.69) is 76.1 Å². The van der Waals surface area contributed by atoms with E-state index >= 15 is 0 Å². The molecule has 0 aromatic heterocycles. The van der Waals surface area contributed by atoms with Gasteiger partial charge in [-0.25, -0.2) is 0 Å². The van der Waals surface area contributed by atoms with Crippen LogP contribution in [-0.2, 0) is 4.79 Å². The lowest BCUT2D eigenvalue weighted by atomic mass is 9.55. The van der Waals surface area contributed by atoms with Crippen molar-refractivity contribution in [3.8, 4) is 0 Å². The number of fused-ring (bicyclic) bond motifs is 1. The molecule has 1 aromatic rings. The van der Waals surface area contributed by atoms with Gasteiger partial charge in [-0.1, -0.05) is 75.0 Å². The third kappa shape index (κ3) is 5.02. The van der Waals surface area contributed by atoms with E-state index in [9.17, 15) is 4.79 Å². The number of carbonyl (C=O) groups is 1. The van der Waals surface area contributed by atoms with Gasteiger partial charge in [0.25, 0.3) is 0 Å². The molecule has 2 heteroatoms. The fraction of sp³-hybridized carbons (Fsp3) is 0.536. The number of benzene rings is 1. The van der Waals surface area contributed by atoms with Crippen molar-refractivity contribution in [1.82, 2.24) is 0 Å². The van der Waals surface area contributed by atoms with Crippen LogP contribution in [0.15, 0.2) is 71.0 Å². The van der Waals surface area contributed by atoms with E-state index in [4.69, 9.17) is 0 Å². The summed E-state index contributed by atoms with van der Waals surface area (Å²) in [5, 5.41) is 2.17. The second-order valence-corrected chi connectivity index (χ2v) is 10.9. The Labute approximate surface area is 188 Å². The highest BCUT2D eigenvalue weighted by Gasteiger charge is 2.54. The van der Waals surface area contributed by atoms with Crippen LogP contribution >= 0.6 is 11.8 Å². The molecule has 0 heterocycles. The quantitative estimate of drug-likeness (QED) is 0.239. The maximum absolute atomic E-state index is 12.4. The summed E-state index contributed by atoms with van der Waals surface area (Å²) in [4.78, 5) is 13.7. The zero-order valence-corrected chi connectivity index (χ0v) is 20.0. The van der Waals surface area contributed by atoms with Gasteiger partial charge in [0.05, 0.1) is 0 Å². The van der Waals surface area contributed by atoms with Gasteiger partial charge in [-0.2, -0.15) is 0 Å². The molecular formula is C28H38OS. The number of ketones is 1. The topological polar surface area (TPSA) is 17.1 Å². The van der Waals surface area contributed by atoms with Gasteiger partial charge >= 0.3 is 0 Å². The second kappa shape index (κ2) is 10.2. The zero-order valence-electron chi connectivity index (χ0n) is 19.1. The summed E-state index contributed by atoms with van der Waals surface area (Å²) in [6.45, 7) is 13.3. The standard InChI is InChI=1S/C28H38OS/c1-6-22(29)19-25-24(16-17-28(5)26(20(2)3)14-15-27(25)28)21(4)11-10-18-30-23-12-8-7-9-13-23/h6-13,18,20,24-27H,1,14-17,19H2,2-5H3/b18-10+,21-11+/t24-,25-,26-,27+,28-/m1/s1. The van der Waals surface area contributed by atoms with Crippen LogP contribution < -0.4 is 0 Å². The molecule has 0 unspecified atom stereocenters. The maximum atomic E-state index is 12.4. The van der Waals surface area contributed by atoms with Crippen LogP contribution in [-0.4, -0.2) is 5.78 Å². The van der Waals surface area contributed by atoms with Crippen LogP contribution in [0, 0.1) is 35.0 Å². The van der Waals surface area contributed by atoms with Gasteiger partial charge in [0.2, 0.25) is 0 Å².